The molecule has 0 saturated heterocycles. The SMILES string of the molecule is CC(C)(C)OC(=O)Nc1nccc2cc(Br)cnc12. The summed E-state index contributed by atoms with van der Waals surface area (Å²) in [6.45, 7) is 5.41. The predicted octanol–water partition coefficient (Wildman–Crippen LogP) is 3.74. The van der Waals surface area contributed by atoms with Crippen molar-refractivity contribution in [1.82, 2.24) is 9.97 Å². The number of halogens is 1. The number of nitrogens with zero attached hydrogens (tertiary/aromatic N) is 2. The number of amides is 1. The zero-order valence-corrected chi connectivity index (χ0v) is 12.5. The minimum atomic E-state index is -0.550. The molecular weight excluding hydrogens is 310 g/mol. The standard InChI is InChI=1S/C13H14BrN3O2/c1-13(2,3)19-12(18)17-11-10-8(4-5-15-11)6-9(14)7-16-10/h4-7H,1-3H3,(H,15,17,18). The normalized spacial score (nSPS) is 11.4. The molecule has 0 aliphatic rings. The van der Waals surface area contributed by atoms with E-state index in [1.807, 2.05) is 12.1 Å². The van der Waals surface area contributed by atoms with E-state index >= 15 is 0 Å². The lowest BCUT2D eigenvalue weighted by Crippen LogP contribution is -2.27. The van der Waals surface area contributed by atoms with Crippen LogP contribution in [-0.2, 0) is 4.74 Å². The maximum atomic E-state index is 11.7. The molecule has 0 spiro atoms. The van der Waals surface area contributed by atoms with Crippen molar-refractivity contribution in [2.45, 2.75) is 26.4 Å². The number of nitrogens with one attached hydrogen (secondary N) is 1. The average Bonchev–Trinajstić information content (AvgIpc) is 2.26. The summed E-state index contributed by atoms with van der Waals surface area (Å²) < 4.78 is 6.06. The quantitative estimate of drug-likeness (QED) is 0.868. The fourth-order valence-electron chi connectivity index (χ4n) is 1.52. The molecule has 100 valence electrons. The Balaban J connectivity index is 2.28. The van der Waals surface area contributed by atoms with E-state index < -0.39 is 11.7 Å². The Hall–Kier alpha value is -1.69. The number of carbonyl (C=O) groups excluding carboxylic acids is 1. The van der Waals surface area contributed by atoms with Crippen molar-refractivity contribution in [3.63, 3.8) is 0 Å². The number of pyridine rings is 2. The van der Waals surface area contributed by atoms with Crippen molar-refractivity contribution < 1.29 is 9.53 Å². The van der Waals surface area contributed by atoms with Gasteiger partial charge in [-0.2, -0.15) is 0 Å². The predicted molar refractivity (Wildman–Crippen MR) is 77.1 cm³/mol. The van der Waals surface area contributed by atoms with Crippen molar-refractivity contribution in [3.05, 3.63) is 29.0 Å². The van der Waals surface area contributed by atoms with Crippen LogP contribution < -0.4 is 5.32 Å². The Morgan fingerprint density at radius 2 is 2.11 bits per heavy atom. The lowest BCUT2D eigenvalue weighted by Gasteiger charge is -2.19. The molecule has 2 aromatic rings. The lowest BCUT2D eigenvalue weighted by molar-refractivity contribution is 0.0635. The largest absolute Gasteiger partial charge is 0.444 e. The molecule has 0 saturated carbocycles. The number of rotatable bonds is 1. The molecule has 0 unspecified atom stereocenters. The Bertz CT molecular complexity index is 623. The second-order valence-corrected chi connectivity index (χ2v) is 5.93. The Morgan fingerprint density at radius 1 is 1.37 bits per heavy atom. The second-order valence-electron chi connectivity index (χ2n) is 5.01. The van der Waals surface area contributed by atoms with E-state index in [2.05, 4.69) is 31.2 Å². The summed E-state index contributed by atoms with van der Waals surface area (Å²) >= 11 is 3.35. The highest BCUT2D eigenvalue weighted by Crippen LogP contribution is 2.22. The van der Waals surface area contributed by atoms with Crippen LogP contribution >= 0.6 is 15.9 Å². The van der Waals surface area contributed by atoms with Crippen LogP contribution in [0.15, 0.2) is 29.0 Å². The molecule has 19 heavy (non-hydrogen) atoms. The van der Waals surface area contributed by atoms with Crippen molar-refractivity contribution in [1.29, 1.82) is 0 Å². The Labute approximate surface area is 119 Å². The molecule has 2 aromatic heterocycles. The zero-order chi connectivity index (χ0) is 14.0. The van der Waals surface area contributed by atoms with Gasteiger partial charge in [0.2, 0.25) is 0 Å². The molecule has 1 N–H and O–H groups in total. The highest BCUT2D eigenvalue weighted by atomic mass is 79.9. The molecule has 0 aromatic carbocycles. The first-order chi connectivity index (χ1) is 8.85. The van der Waals surface area contributed by atoms with Gasteiger partial charge in [0.25, 0.3) is 0 Å². The molecule has 0 aliphatic heterocycles. The zero-order valence-electron chi connectivity index (χ0n) is 10.9. The first-order valence-electron chi connectivity index (χ1n) is 5.75. The number of hydrogen-bond acceptors (Lipinski definition) is 4. The van der Waals surface area contributed by atoms with E-state index in [0.29, 0.717) is 11.3 Å². The second kappa shape index (κ2) is 5.13. The van der Waals surface area contributed by atoms with Crippen LogP contribution in [0.1, 0.15) is 20.8 Å². The third-order valence-electron chi connectivity index (χ3n) is 2.19. The van der Waals surface area contributed by atoms with E-state index in [4.69, 9.17) is 4.74 Å². The first-order valence-corrected chi connectivity index (χ1v) is 6.55. The van der Waals surface area contributed by atoms with Crippen LogP contribution in [0, 0.1) is 0 Å². The van der Waals surface area contributed by atoms with Gasteiger partial charge in [-0.15, -0.1) is 0 Å². The van der Waals surface area contributed by atoms with Crippen LogP contribution in [0.5, 0.6) is 0 Å². The number of anilines is 1. The molecule has 0 bridgehead atoms. The first kappa shape index (κ1) is 13.7. The van der Waals surface area contributed by atoms with Gasteiger partial charge >= 0.3 is 6.09 Å². The summed E-state index contributed by atoms with van der Waals surface area (Å²) in [6.07, 6.45) is 2.73. The van der Waals surface area contributed by atoms with Gasteiger partial charge in [-0.25, -0.2) is 9.78 Å². The number of ether oxygens (including phenoxy) is 1. The maximum absolute atomic E-state index is 11.7. The van der Waals surface area contributed by atoms with Gasteiger partial charge in [0.05, 0.1) is 0 Å². The van der Waals surface area contributed by atoms with Crippen LogP contribution in [0.25, 0.3) is 10.9 Å². The molecule has 0 atom stereocenters. The minimum Gasteiger partial charge on any atom is -0.444 e. The summed E-state index contributed by atoms with van der Waals surface area (Å²) in [5.74, 6) is 0.388. The maximum Gasteiger partial charge on any atom is 0.413 e. The van der Waals surface area contributed by atoms with Gasteiger partial charge in [-0.05, 0) is 48.8 Å². The smallest absolute Gasteiger partial charge is 0.413 e. The van der Waals surface area contributed by atoms with Gasteiger partial charge < -0.3 is 4.74 Å². The third kappa shape index (κ3) is 3.64. The van der Waals surface area contributed by atoms with E-state index in [1.54, 1.807) is 33.2 Å². The fraction of sp³-hybridized carbons (Fsp3) is 0.308. The van der Waals surface area contributed by atoms with Crippen molar-refractivity contribution in [2.75, 3.05) is 5.32 Å². The minimum absolute atomic E-state index is 0.388. The number of carbonyl (C=O) groups is 1. The molecule has 0 aliphatic carbocycles. The van der Waals surface area contributed by atoms with Crippen molar-refractivity contribution in [2.24, 2.45) is 0 Å². The monoisotopic (exact) mass is 323 g/mol. The van der Waals surface area contributed by atoms with E-state index in [1.165, 1.54) is 0 Å². The van der Waals surface area contributed by atoms with E-state index in [-0.39, 0.29) is 0 Å². The summed E-state index contributed by atoms with van der Waals surface area (Å²) in [7, 11) is 0. The van der Waals surface area contributed by atoms with Gasteiger partial charge in [0.1, 0.15) is 11.1 Å². The molecule has 2 heterocycles. The van der Waals surface area contributed by atoms with Gasteiger partial charge in [0.15, 0.2) is 5.82 Å². The van der Waals surface area contributed by atoms with Crippen molar-refractivity contribution >= 4 is 38.7 Å². The number of fused-ring (bicyclic) bond motifs is 1. The summed E-state index contributed by atoms with van der Waals surface area (Å²) in [4.78, 5) is 20.1. The molecule has 5 nitrogen and oxygen atoms in total. The van der Waals surface area contributed by atoms with Gasteiger partial charge in [0, 0.05) is 22.3 Å². The third-order valence-corrected chi connectivity index (χ3v) is 2.62. The highest BCUT2D eigenvalue weighted by Gasteiger charge is 2.17. The van der Waals surface area contributed by atoms with E-state index in [0.717, 1.165) is 9.86 Å². The average molecular weight is 324 g/mol. The molecule has 0 fully saturated rings. The van der Waals surface area contributed by atoms with Gasteiger partial charge in [-0.1, -0.05) is 0 Å². The molecule has 2 rings (SSSR count). The molecule has 6 heteroatoms. The Morgan fingerprint density at radius 3 is 2.79 bits per heavy atom. The van der Waals surface area contributed by atoms with Gasteiger partial charge in [-0.3, -0.25) is 10.3 Å². The molecular formula is C13H14BrN3O2. The number of hydrogen-bond donors (Lipinski definition) is 1. The topological polar surface area (TPSA) is 64.1 Å². The molecule has 1 amide bonds. The Kier molecular flexibility index (Phi) is 3.71. The van der Waals surface area contributed by atoms with Crippen molar-refractivity contribution in [3.8, 4) is 0 Å². The summed E-state index contributed by atoms with van der Waals surface area (Å²) in [5.41, 5.74) is 0.0713. The number of aromatic nitrogens is 2. The fourth-order valence-corrected chi connectivity index (χ4v) is 1.87. The lowest BCUT2D eigenvalue weighted by atomic mass is 10.2. The summed E-state index contributed by atoms with van der Waals surface area (Å²) in [5, 5.41) is 3.50. The van der Waals surface area contributed by atoms with Crippen LogP contribution in [0.3, 0.4) is 0 Å². The highest BCUT2D eigenvalue weighted by molar-refractivity contribution is 9.10. The molecule has 0 radical (unpaired) electrons. The van der Waals surface area contributed by atoms with Crippen LogP contribution in [-0.4, -0.2) is 21.7 Å². The van der Waals surface area contributed by atoms with E-state index in [9.17, 15) is 4.79 Å². The summed E-state index contributed by atoms with van der Waals surface area (Å²) in [6, 6.07) is 3.73. The van der Waals surface area contributed by atoms with Crippen LogP contribution in [0.4, 0.5) is 10.6 Å². The van der Waals surface area contributed by atoms with Crippen LogP contribution in [0.2, 0.25) is 0 Å².